The molecule has 0 radical (unpaired) electrons. The highest BCUT2D eigenvalue weighted by molar-refractivity contribution is 5.89. The number of hydrogen-bond donors (Lipinski definition) is 3. The lowest BCUT2D eigenvalue weighted by Crippen LogP contribution is -2.10. The second kappa shape index (κ2) is 5.40. The zero-order valence-corrected chi connectivity index (χ0v) is 11.3. The first-order valence-corrected chi connectivity index (χ1v) is 6.28. The third-order valence-corrected chi connectivity index (χ3v) is 3.22. The monoisotopic (exact) mass is 300 g/mol. The molecule has 0 aliphatic carbocycles. The van der Waals surface area contributed by atoms with Crippen LogP contribution in [-0.4, -0.2) is 5.11 Å². The topological polar surface area (TPSA) is 121 Å². The Bertz CT molecular complexity index is 890. The normalized spacial score (nSPS) is 10.6. The molecule has 0 atom stereocenters. The van der Waals surface area contributed by atoms with Crippen molar-refractivity contribution in [2.24, 2.45) is 11.8 Å². The van der Waals surface area contributed by atoms with Gasteiger partial charge in [0.15, 0.2) is 11.2 Å². The van der Waals surface area contributed by atoms with Crippen LogP contribution in [0.5, 0.6) is 17.2 Å². The molecular formula is C15H12N2O5. The van der Waals surface area contributed by atoms with E-state index < -0.39 is 11.2 Å². The Balaban J connectivity index is 2.36. The highest BCUT2D eigenvalue weighted by Crippen LogP contribution is 2.41. The number of aromatic hydroxyl groups is 1. The molecule has 3 aromatic rings. The van der Waals surface area contributed by atoms with Crippen molar-refractivity contribution in [1.82, 2.24) is 0 Å². The van der Waals surface area contributed by atoms with Crippen molar-refractivity contribution in [3.63, 3.8) is 0 Å². The molecule has 22 heavy (non-hydrogen) atoms. The van der Waals surface area contributed by atoms with E-state index in [-0.39, 0.29) is 22.5 Å². The fraction of sp³-hybridized carbons (Fsp3) is 0. The molecule has 0 unspecified atom stereocenters. The number of rotatable bonds is 3. The van der Waals surface area contributed by atoms with Crippen LogP contribution in [0.25, 0.3) is 22.3 Å². The fourth-order valence-corrected chi connectivity index (χ4v) is 2.20. The second-order valence-corrected chi connectivity index (χ2v) is 4.50. The number of phenolic OH excluding ortho intramolecular Hbond substituents is 1. The van der Waals surface area contributed by atoms with Crippen molar-refractivity contribution in [2.75, 3.05) is 0 Å². The molecule has 7 heteroatoms. The van der Waals surface area contributed by atoms with E-state index in [1.807, 2.05) is 18.2 Å². The van der Waals surface area contributed by atoms with E-state index in [9.17, 15) is 9.90 Å². The van der Waals surface area contributed by atoms with E-state index in [1.165, 1.54) is 12.1 Å². The third kappa shape index (κ3) is 2.14. The lowest BCUT2D eigenvalue weighted by Gasteiger charge is -2.10. The lowest BCUT2D eigenvalue weighted by molar-refractivity contribution is 0.286. The first-order chi connectivity index (χ1) is 10.7. The van der Waals surface area contributed by atoms with Gasteiger partial charge in [-0.2, -0.15) is 11.8 Å². The number of nitrogens with two attached hydrogens (primary N) is 2. The Hall–Kier alpha value is -3.03. The van der Waals surface area contributed by atoms with Gasteiger partial charge in [-0.3, -0.25) is 4.79 Å². The van der Waals surface area contributed by atoms with Crippen LogP contribution in [0, 0.1) is 0 Å². The molecule has 3 rings (SSSR count). The van der Waals surface area contributed by atoms with Crippen LogP contribution in [-0.2, 0) is 0 Å². The number of hydrogen-bond acceptors (Lipinski definition) is 7. The summed E-state index contributed by atoms with van der Waals surface area (Å²) < 4.78 is 5.69. The largest absolute Gasteiger partial charge is 0.502 e. The molecule has 5 N–H and O–H groups in total. The maximum atomic E-state index is 12.3. The smallest absolute Gasteiger partial charge is 0.207 e. The van der Waals surface area contributed by atoms with Crippen molar-refractivity contribution in [3.05, 3.63) is 52.7 Å². The third-order valence-electron chi connectivity index (χ3n) is 3.22. The van der Waals surface area contributed by atoms with Gasteiger partial charge in [-0.1, -0.05) is 30.3 Å². The molecule has 1 heterocycles. The predicted molar refractivity (Wildman–Crippen MR) is 79.2 cm³/mol. The average Bonchev–Trinajstić information content (AvgIpc) is 2.55. The van der Waals surface area contributed by atoms with Gasteiger partial charge in [-0.25, -0.2) is 0 Å². The first-order valence-electron chi connectivity index (χ1n) is 6.28. The van der Waals surface area contributed by atoms with Gasteiger partial charge in [-0.05, 0) is 0 Å². The van der Waals surface area contributed by atoms with Gasteiger partial charge in [0, 0.05) is 17.7 Å². The molecule has 0 bridgehead atoms. The predicted octanol–water partition coefficient (Wildman–Crippen LogP) is 1.67. The minimum atomic E-state index is -0.475. The molecule has 0 saturated heterocycles. The number of benzene rings is 2. The van der Waals surface area contributed by atoms with Crippen LogP contribution in [0.4, 0.5) is 0 Å². The summed E-state index contributed by atoms with van der Waals surface area (Å²) in [6.45, 7) is 0. The first kappa shape index (κ1) is 13.9. The van der Waals surface area contributed by atoms with Crippen LogP contribution < -0.4 is 26.9 Å². The van der Waals surface area contributed by atoms with Crippen molar-refractivity contribution in [2.45, 2.75) is 0 Å². The summed E-state index contributed by atoms with van der Waals surface area (Å²) >= 11 is 0. The quantitative estimate of drug-likeness (QED) is 0.629. The SMILES string of the molecule is NOc1cc2oc(-c3ccccc3)cc(=O)c2c(ON)c1O. The van der Waals surface area contributed by atoms with E-state index in [4.69, 9.17) is 16.2 Å². The minimum absolute atomic E-state index is 0.000445. The molecule has 112 valence electrons. The molecule has 0 fully saturated rings. The molecular weight excluding hydrogens is 288 g/mol. The molecule has 2 aromatic carbocycles. The van der Waals surface area contributed by atoms with Crippen LogP contribution in [0.1, 0.15) is 0 Å². The van der Waals surface area contributed by atoms with Gasteiger partial charge in [0.2, 0.25) is 11.5 Å². The fourth-order valence-electron chi connectivity index (χ4n) is 2.20. The molecule has 1 aromatic heterocycles. The van der Waals surface area contributed by atoms with Crippen LogP contribution in [0.15, 0.2) is 51.7 Å². The van der Waals surface area contributed by atoms with Gasteiger partial charge in [0.05, 0.1) is 0 Å². The van der Waals surface area contributed by atoms with Crippen LogP contribution in [0.2, 0.25) is 0 Å². The van der Waals surface area contributed by atoms with Crippen molar-refractivity contribution in [3.8, 4) is 28.6 Å². The summed E-state index contributed by atoms with van der Waals surface area (Å²) in [5, 5.41) is 9.91. The summed E-state index contributed by atoms with van der Waals surface area (Å²) in [6, 6.07) is 11.7. The minimum Gasteiger partial charge on any atom is -0.502 e. The Morgan fingerprint density at radius 2 is 1.77 bits per heavy atom. The highest BCUT2D eigenvalue weighted by atomic mass is 16.6. The molecule has 7 nitrogen and oxygen atoms in total. The Labute approximate surface area is 124 Å². The summed E-state index contributed by atoms with van der Waals surface area (Å²) in [5.41, 5.74) is 0.435. The summed E-state index contributed by atoms with van der Waals surface area (Å²) in [7, 11) is 0. The molecule has 0 aliphatic rings. The summed E-state index contributed by atoms with van der Waals surface area (Å²) in [4.78, 5) is 21.4. The molecule has 0 spiro atoms. The molecule has 0 saturated carbocycles. The molecule has 0 aliphatic heterocycles. The maximum Gasteiger partial charge on any atom is 0.207 e. The van der Waals surface area contributed by atoms with Crippen LogP contribution in [0.3, 0.4) is 0 Å². The van der Waals surface area contributed by atoms with E-state index in [0.29, 0.717) is 5.76 Å². The summed E-state index contributed by atoms with van der Waals surface area (Å²) in [5.74, 6) is 9.70. The van der Waals surface area contributed by atoms with E-state index in [2.05, 4.69) is 9.68 Å². The highest BCUT2D eigenvalue weighted by Gasteiger charge is 2.20. The average molecular weight is 300 g/mol. The van der Waals surface area contributed by atoms with Crippen molar-refractivity contribution < 1.29 is 19.2 Å². The van der Waals surface area contributed by atoms with Gasteiger partial charge >= 0.3 is 0 Å². The van der Waals surface area contributed by atoms with Crippen molar-refractivity contribution in [1.29, 1.82) is 0 Å². The zero-order chi connectivity index (χ0) is 15.7. The van der Waals surface area contributed by atoms with E-state index in [0.717, 1.165) is 5.56 Å². The van der Waals surface area contributed by atoms with Crippen LogP contribution >= 0.6 is 0 Å². The Morgan fingerprint density at radius 3 is 2.41 bits per heavy atom. The van der Waals surface area contributed by atoms with Gasteiger partial charge < -0.3 is 19.2 Å². The van der Waals surface area contributed by atoms with Crippen molar-refractivity contribution >= 4 is 11.0 Å². The maximum absolute atomic E-state index is 12.3. The standard InChI is InChI=1S/C15H12N2O5/c16-21-12-7-11-13(15(22-17)14(12)19)9(18)6-10(20-11)8-4-2-1-3-5-8/h1-7,19H,16-17H2. The van der Waals surface area contributed by atoms with Gasteiger partial charge in [0.1, 0.15) is 16.7 Å². The Morgan fingerprint density at radius 1 is 1.05 bits per heavy atom. The summed E-state index contributed by atoms with van der Waals surface area (Å²) in [6.07, 6.45) is 0. The zero-order valence-electron chi connectivity index (χ0n) is 11.3. The lowest BCUT2D eigenvalue weighted by atomic mass is 10.1. The number of phenols is 1. The van der Waals surface area contributed by atoms with E-state index >= 15 is 0 Å². The second-order valence-electron chi connectivity index (χ2n) is 4.50. The Kier molecular flexibility index (Phi) is 3.42. The molecule has 0 amide bonds. The number of fused-ring (bicyclic) bond motifs is 1. The van der Waals surface area contributed by atoms with Gasteiger partial charge in [0.25, 0.3) is 0 Å². The van der Waals surface area contributed by atoms with Gasteiger partial charge in [-0.15, -0.1) is 0 Å². The van der Waals surface area contributed by atoms with E-state index in [1.54, 1.807) is 12.1 Å².